The standard InChI is InChI=1S/C12H19NS/c1-5-13(4)14-12-8-6-11(7-9-12)10(2)3/h6-10H,5H2,1-4H3. The highest BCUT2D eigenvalue weighted by atomic mass is 32.2. The second-order valence-electron chi connectivity index (χ2n) is 3.76. The van der Waals surface area contributed by atoms with E-state index in [-0.39, 0.29) is 0 Å². The molecule has 0 fully saturated rings. The topological polar surface area (TPSA) is 3.24 Å². The number of hydrogen-bond acceptors (Lipinski definition) is 2. The first-order chi connectivity index (χ1) is 6.63. The van der Waals surface area contributed by atoms with E-state index >= 15 is 0 Å². The van der Waals surface area contributed by atoms with Crippen LogP contribution in [-0.2, 0) is 0 Å². The van der Waals surface area contributed by atoms with E-state index in [1.165, 1.54) is 10.5 Å². The van der Waals surface area contributed by atoms with Crippen LogP contribution < -0.4 is 0 Å². The zero-order valence-corrected chi connectivity index (χ0v) is 10.3. The van der Waals surface area contributed by atoms with Crippen molar-refractivity contribution in [3.05, 3.63) is 29.8 Å². The lowest BCUT2D eigenvalue weighted by atomic mass is 10.0. The molecule has 1 aromatic carbocycles. The quantitative estimate of drug-likeness (QED) is 0.694. The third-order valence-corrected chi connectivity index (χ3v) is 3.31. The van der Waals surface area contributed by atoms with Crippen molar-refractivity contribution in [2.45, 2.75) is 31.6 Å². The Labute approximate surface area is 91.6 Å². The fourth-order valence-corrected chi connectivity index (χ4v) is 1.90. The van der Waals surface area contributed by atoms with E-state index < -0.39 is 0 Å². The third-order valence-electron chi connectivity index (χ3n) is 2.25. The summed E-state index contributed by atoms with van der Waals surface area (Å²) in [5, 5.41) is 0. The van der Waals surface area contributed by atoms with Gasteiger partial charge in [-0.05, 0) is 42.6 Å². The van der Waals surface area contributed by atoms with Crippen molar-refractivity contribution in [1.82, 2.24) is 4.31 Å². The van der Waals surface area contributed by atoms with Gasteiger partial charge in [-0.3, -0.25) is 0 Å². The summed E-state index contributed by atoms with van der Waals surface area (Å²) in [5.41, 5.74) is 1.41. The molecule has 14 heavy (non-hydrogen) atoms. The Morgan fingerprint density at radius 3 is 2.21 bits per heavy atom. The molecule has 0 amide bonds. The summed E-state index contributed by atoms with van der Waals surface area (Å²) in [6.07, 6.45) is 0. The lowest BCUT2D eigenvalue weighted by molar-refractivity contribution is 0.602. The molecule has 0 unspecified atom stereocenters. The van der Waals surface area contributed by atoms with Gasteiger partial charge < -0.3 is 0 Å². The zero-order chi connectivity index (χ0) is 10.6. The average molecular weight is 209 g/mol. The van der Waals surface area contributed by atoms with Gasteiger partial charge in [0.2, 0.25) is 0 Å². The van der Waals surface area contributed by atoms with Gasteiger partial charge >= 0.3 is 0 Å². The SMILES string of the molecule is CCN(C)Sc1ccc(C(C)C)cc1. The number of rotatable bonds is 4. The Morgan fingerprint density at radius 2 is 1.79 bits per heavy atom. The molecule has 0 aliphatic carbocycles. The molecule has 0 N–H and O–H groups in total. The maximum atomic E-state index is 2.23. The van der Waals surface area contributed by atoms with E-state index in [4.69, 9.17) is 0 Å². The van der Waals surface area contributed by atoms with Crippen molar-refractivity contribution >= 4 is 11.9 Å². The molecule has 2 heteroatoms. The highest BCUT2D eigenvalue weighted by Gasteiger charge is 2.01. The molecule has 1 nitrogen and oxygen atoms in total. The average Bonchev–Trinajstić information content (AvgIpc) is 2.18. The molecule has 0 saturated heterocycles. The van der Waals surface area contributed by atoms with Gasteiger partial charge in [-0.25, -0.2) is 4.31 Å². The lowest BCUT2D eigenvalue weighted by Gasteiger charge is -2.13. The Bertz CT molecular complexity index is 266. The number of nitrogens with zero attached hydrogens (tertiary/aromatic N) is 1. The summed E-state index contributed by atoms with van der Waals surface area (Å²) >= 11 is 1.80. The molecular formula is C12H19NS. The molecule has 0 bridgehead atoms. The van der Waals surface area contributed by atoms with Gasteiger partial charge in [0, 0.05) is 11.4 Å². The first-order valence-corrected chi connectivity index (χ1v) is 5.90. The zero-order valence-electron chi connectivity index (χ0n) is 9.45. The van der Waals surface area contributed by atoms with Gasteiger partial charge in [0.1, 0.15) is 0 Å². The Morgan fingerprint density at radius 1 is 1.21 bits per heavy atom. The molecule has 0 aliphatic rings. The van der Waals surface area contributed by atoms with Gasteiger partial charge in [-0.1, -0.05) is 32.9 Å². The van der Waals surface area contributed by atoms with Gasteiger partial charge in [0.15, 0.2) is 0 Å². The van der Waals surface area contributed by atoms with E-state index in [0.717, 1.165) is 6.54 Å². The summed E-state index contributed by atoms with van der Waals surface area (Å²) < 4.78 is 2.23. The summed E-state index contributed by atoms with van der Waals surface area (Å²) in [5.74, 6) is 0.623. The van der Waals surface area contributed by atoms with Crippen LogP contribution >= 0.6 is 11.9 Å². The van der Waals surface area contributed by atoms with Gasteiger partial charge in [-0.2, -0.15) is 0 Å². The van der Waals surface area contributed by atoms with Gasteiger partial charge in [0.05, 0.1) is 0 Å². The molecule has 0 saturated carbocycles. The van der Waals surface area contributed by atoms with Crippen molar-refractivity contribution in [2.24, 2.45) is 0 Å². The van der Waals surface area contributed by atoms with Crippen LogP contribution in [-0.4, -0.2) is 17.9 Å². The summed E-state index contributed by atoms with van der Waals surface area (Å²) in [6, 6.07) is 8.84. The molecule has 1 aromatic rings. The molecule has 0 radical (unpaired) electrons. The smallest absolute Gasteiger partial charge is 0.0230 e. The van der Waals surface area contributed by atoms with Crippen molar-refractivity contribution in [3.63, 3.8) is 0 Å². The highest BCUT2D eigenvalue weighted by molar-refractivity contribution is 7.97. The molecule has 0 heterocycles. The van der Waals surface area contributed by atoms with E-state index in [2.05, 4.69) is 56.4 Å². The number of benzene rings is 1. The van der Waals surface area contributed by atoms with Crippen molar-refractivity contribution in [2.75, 3.05) is 13.6 Å². The molecular weight excluding hydrogens is 190 g/mol. The van der Waals surface area contributed by atoms with E-state index in [9.17, 15) is 0 Å². The fourth-order valence-electron chi connectivity index (χ4n) is 1.16. The second kappa shape index (κ2) is 5.42. The van der Waals surface area contributed by atoms with Crippen LogP contribution in [0.25, 0.3) is 0 Å². The van der Waals surface area contributed by atoms with E-state index in [1.807, 2.05) is 0 Å². The van der Waals surface area contributed by atoms with Crippen molar-refractivity contribution in [3.8, 4) is 0 Å². The van der Waals surface area contributed by atoms with Gasteiger partial charge in [0.25, 0.3) is 0 Å². The normalized spacial score (nSPS) is 11.3. The summed E-state index contributed by atoms with van der Waals surface area (Å²) in [7, 11) is 2.11. The van der Waals surface area contributed by atoms with Gasteiger partial charge in [-0.15, -0.1) is 0 Å². The number of hydrogen-bond donors (Lipinski definition) is 0. The van der Waals surface area contributed by atoms with Crippen LogP contribution in [0, 0.1) is 0 Å². The van der Waals surface area contributed by atoms with Crippen LogP contribution in [0.5, 0.6) is 0 Å². The second-order valence-corrected chi connectivity index (χ2v) is 5.04. The minimum Gasteiger partial charge on any atom is -0.250 e. The Balaban J connectivity index is 2.64. The Hall–Kier alpha value is -0.470. The van der Waals surface area contributed by atoms with Crippen LogP contribution in [0.15, 0.2) is 29.2 Å². The first-order valence-electron chi connectivity index (χ1n) is 5.12. The highest BCUT2D eigenvalue weighted by Crippen LogP contribution is 2.23. The van der Waals surface area contributed by atoms with Crippen LogP contribution in [0.2, 0.25) is 0 Å². The minimum absolute atomic E-state index is 0.623. The van der Waals surface area contributed by atoms with E-state index in [0.29, 0.717) is 5.92 Å². The predicted octanol–water partition coefficient (Wildman–Crippen LogP) is 3.77. The monoisotopic (exact) mass is 209 g/mol. The van der Waals surface area contributed by atoms with Crippen molar-refractivity contribution in [1.29, 1.82) is 0 Å². The molecule has 0 atom stereocenters. The summed E-state index contributed by atoms with van der Waals surface area (Å²) in [4.78, 5) is 1.32. The molecule has 0 spiro atoms. The largest absolute Gasteiger partial charge is 0.250 e. The van der Waals surface area contributed by atoms with Crippen molar-refractivity contribution < 1.29 is 0 Å². The predicted molar refractivity (Wildman–Crippen MR) is 64.7 cm³/mol. The fraction of sp³-hybridized carbons (Fsp3) is 0.500. The van der Waals surface area contributed by atoms with Crippen LogP contribution in [0.3, 0.4) is 0 Å². The maximum absolute atomic E-state index is 2.23. The molecule has 1 rings (SSSR count). The molecule has 0 aliphatic heterocycles. The minimum atomic E-state index is 0.623. The third kappa shape index (κ3) is 3.35. The maximum Gasteiger partial charge on any atom is 0.0230 e. The molecule has 78 valence electrons. The lowest BCUT2D eigenvalue weighted by Crippen LogP contribution is -2.06. The van der Waals surface area contributed by atoms with E-state index in [1.54, 1.807) is 11.9 Å². The molecule has 0 aromatic heterocycles. The van der Waals surface area contributed by atoms with Crippen LogP contribution in [0.1, 0.15) is 32.3 Å². The Kier molecular flexibility index (Phi) is 4.49. The summed E-state index contributed by atoms with van der Waals surface area (Å²) in [6.45, 7) is 7.67. The first kappa shape index (κ1) is 11.6. The van der Waals surface area contributed by atoms with Crippen LogP contribution in [0.4, 0.5) is 0 Å².